The van der Waals surface area contributed by atoms with E-state index in [0.29, 0.717) is 5.82 Å². The molecule has 0 bridgehead atoms. The molecular weight excluding hydrogens is 280 g/mol. The summed E-state index contributed by atoms with van der Waals surface area (Å²) in [7, 11) is 0. The van der Waals surface area contributed by atoms with Gasteiger partial charge in [0.1, 0.15) is 0 Å². The highest BCUT2D eigenvalue weighted by molar-refractivity contribution is 6.82. The number of hydrogen-bond acceptors (Lipinski definition) is 5. The first-order valence-corrected chi connectivity index (χ1v) is 6.35. The number of nitrogens with one attached hydrogen (secondary N) is 2. The molecular formula is C13H13ClN4O2. The molecule has 1 aromatic heterocycles. The summed E-state index contributed by atoms with van der Waals surface area (Å²) in [6.07, 6.45) is 0. The Balaban J connectivity index is 2.04. The summed E-state index contributed by atoms with van der Waals surface area (Å²) in [5.41, 5.74) is 4.41. The quantitative estimate of drug-likeness (QED) is 0.504. The van der Waals surface area contributed by atoms with Crippen LogP contribution in [0.1, 0.15) is 6.92 Å². The molecule has 20 heavy (non-hydrogen) atoms. The van der Waals surface area contributed by atoms with Gasteiger partial charge in [-0.15, -0.1) is 0 Å². The van der Waals surface area contributed by atoms with Crippen LogP contribution in [0.3, 0.4) is 0 Å². The Bertz CT molecular complexity index is 610. The van der Waals surface area contributed by atoms with E-state index in [2.05, 4.69) is 20.7 Å². The van der Waals surface area contributed by atoms with E-state index < -0.39 is 5.97 Å². The van der Waals surface area contributed by atoms with Gasteiger partial charge in [0, 0.05) is 6.07 Å². The fourth-order valence-electron chi connectivity index (χ4n) is 1.49. The van der Waals surface area contributed by atoms with Crippen LogP contribution in [0, 0.1) is 0 Å². The zero-order valence-corrected chi connectivity index (χ0v) is 11.5. The predicted octanol–water partition coefficient (Wildman–Crippen LogP) is 2.60. The summed E-state index contributed by atoms with van der Waals surface area (Å²) in [5.74, 6) is -0.230. The fourth-order valence-corrected chi connectivity index (χ4v) is 1.58. The topological polar surface area (TPSA) is 79.4 Å². The second-order valence-corrected chi connectivity index (χ2v) is 4.13. The molecule has 0 fully saturated rings. The molecule has 1 aromatic carbocycles. The molecule has 2 aromatic rings. The molecule has 2 N–H and O–H groups in total. The second-order valence-electron chi connectivity index (χ2n) is 3.77. The van der Waals surface area contributed by atoms with Crippen LogP contribution in [0.5, 0.6) is 0 Å². The molecule has 1 heterocycles. The van der Waals surface area contributed by atoms with E-state index in [1.807, 2.05) is 30.3 Å². The molecule has 0 amide bonds. The Hall–Kier alpha value is -2.34. The molecule has 0 aliphatic heterocycles. The SMILES string of the molecule is CCOC(=O)/C(Cl)=N/Nc1cc(-c2ccccc2)[nH]n1. The third kappa shape index (κ3) is 3.58. The number of rotatable bonds is 5. The van der Waals surface area contributed by atoms with E-state index in [0.717, 1.165) is 11.3 Å². The lowest BCUT2D eigenvalue weighted by atomic mass is 10.2. The Kier molecular flexibility index (Phi) is 4.73. The van der Waals surface area contributed by atoms with Gasteiger partial charge in [-0.1, -0.05) is 41.9 Å². The van der Waals surface area contributed by atoms with E-state index in [1.54, 1.807) is 13.0 Å². The van der Waals surface area contributed by atoms with Crippen molar-refractivity contribution in [1.82, 2.24) is 10.2 Å². The summed E-state index contributed by atoms with van der Waals surface area (Å²) < 4.78 is 4.70. The molecule has 6 nitrogen and oxygen atoms in total. The van der Waals surface area contributed by atoms with Gasteiger partial charge in [-0.2, -0.15) is 10.2 Å². The van der Waals surface area contributed by atoms with Crippen molar-refractivity contribution in [2.45, 2.75) is 6.92 Å². The number of H-pyrrole nitrogens is 1. The summed E-state index contributed by atoms with van der Waals surface area (Å²) in [4.78, 5) is 11.2. The summed E-state index contributed by atoms with van der Waals surface area (Å²) in [6.45, 7) is 1.93. The highest BCUT2D eigenvalue weighted by Gasteiger charge is 2.09. The highest BCUT2D eigenvalue weighted by Crippen LogP contribution is 2.18. The monoisotopic (exact) mass is 292 g/mol. The van der Waals surface area contributed by atoms with E-state index in [1.165, 1.54) is 0 Å². The standard InChI is InChI=1S/C13H13ClN4O2/c1-2-20-13(19)12(14)18-17-11-8-10(15-16-11)9-6-4-3-5-7-9/h3-8H,2H2,1H3,(H2,15,16,17)/b18-12-. The Morgan fingerprint density at radius 2 is 2.20 bits per heavy atom. The van der Waals surface area contributed by atoms with E-state index in [9.17, 15) is 4.79 Å². The first-order valence-electron chi connectivity index (χ1n) is 5.98. The lowest BCUT2D eigenvalue weighted by Gasteiger charge is -1.98. The maximum absolute atomic E-state index is 11.2. The minimum atomic E-state index is -0.680. The number of nitrogens with zero attached hydrogens (tertiary/aromatic N) is 2. The number of hydrogen-bond donors (Lipinski definition) is 2. The van der Waals surface area contributed by atoms with Crippen LogP contribution in [0.15, 0.2) is 41.5 Å². The van der Waals surface area contributed by atoms with Crippen LogP contribution in [-0.2, 0) is 9.53 Å². The van der Waals surface area contributed by atoms with E-state index in [-0.39, 0.29) is 11.8 Å². The lowest BCUT2D eigenvalue weighted by molar-refractivity contribution is -0.134. The minimum absolute atomic E-state index is 0.241. The number of aromatic nitrogens is 2. The maximum Gasteiger partial charge on any atom is 0.370 e. The number of esters is 1. The van der Waals surface area contributed by atoms with Gasteiger partial charge in [-0.3, -0.25) is 10.5 Å². The number of hydrazone groups is 1. The van der Waals surface area contributed by atoms with Crippen molar-refractivity contribution < 1.29 is 9.53 Å². The van der Waals surface area contributed by atoms with E-state index >= 15 is 0 Å². The van der Waals surface area contributed by atoms with Gasteiger partial charge in [0.05, 0.1) is 12.3 Å². The number of ether oxygens (including phenoxy) is 1. The maximum atomic E-state index is 11.2. The molecule has 0 unspecified atom stereocenters. The molecule has 0 spiro atoms. The largest absolute Gasteiger partial charge is 0.461 e. The van der Waals surface area contributed by atoms with Crippen molar-refractivity contribution in [2.24, 2.45) is 5.10 Å². The van der Waals surface area contributed by atoms with E-state index in [4.69, 9.17) is 16.3 Å². The van der Waals surface area contributed by atoms with Crippen molar-refractivity contribution in [3.63, 3.8) is 0 Å². The zero-order chi connectivity index (χ0) is 14.4. The van der Waals surface area contributed by atoms with Crippen molar-refractivity contribution in [3.05, 3.63) is 36.4 Å². The summed E-state index contributed by atoms with van der Waals surface area (Å²) in [5, 5.41) is 10.3. The van der Waals surface area contributed by atoms with Gasteiger partial charge in [0.2, 0.25) is 5.17 Å². The van der Waals surface area contributed by atoms with Crippen molar-refractivity contribution in [2.75, 3.05) is 12.0 Å². The third-order valence-corrected chi connectivity index (χ3v) is 2.61. The molecule has 0 saturated heterocycles. The molecule has 7 heteroatoms. The molecule has 0 atom stereocenters. The van der Waals surface area contributed by atoms with Crippen molar-refractivity contribution >= 4 is 28.6 Å². The van der Waals surface area contributed by atoms with Crippen LogP contribution in [0.2, 0.25) is 0 Å². The first-order chi connectivity index (χ1) is 9.70. The average Bonchev–Trinajstić information content (AvgIpc) is 2.95. The molecule has 2 rings (SSSR count). The Labute approximate surface area is 120 Å². The molecule has 0 saturated carbocycles. The van der Waals surface area contributed by atoms with Crippen molar-refractivity contribution in [3.8, 4) is 11.3 Å². The lowest BCUT2D eigenvalue weighted by Crippen LogP contribution is -2.13. The van der Waals surface area contributed by atoms with Crippen LogP contribution < -0.4 is 5.43 Å². The molecule has 104 valence electrons. The Morgan fingerprint density at radius 3 is 2.90 bits per heavy atom. The van der Waals surface area contributed by atoms with Gasteiger partial charge in [-0.25, -0.2) is 4.79 Å². The van der Waals surface area contributed by atoms with Gasteiger partial charge >= 0.3 is 5.97 Å². The number of benzene rings is 1. The van der Waals surface area contributed by atoms with Crippen LogP contribution in [0.4, 0.5) is 5.82 Å². The predicted molar refractivity (Wildman–Crippen MR) is 77.6 cm³/mol. The number of carbonyl (C=O) groups is 1. The molecule has 0 radical (unpaired) electrons. The van der Waals surface area contributed by atoms with Gasteiger partial charge < -0.3 is 4.74 Å². The number of halogens is 1. The first kappa shape index (κ1) is 14.1. The second kappa shape index (κ2) is 6.72. The highest BCUT2D eigenvalue weighted by atomic mass is 35.5. The third-order valence-electron chi connectivity index (χ3n) is 2.38. The average molecular weight is 293 g/mol. The smallest absolute Gasteiger partial charge is 0.370 e. The molecule has 0 aliphatic rings. The summed E-state index contributed by atoms with van der Waals surface area (Å²) in [6, 6.07) is 11.5. The minimum Gasteiger partial charge on any atom is -0.461 e. The summed E-state index contributed by atoms with van der Waals surface area (Å²) >= 11 is 5.66. The van der Waals surface area contributed by atoms with Gasteiger partial charge in [-0.05, 0) is 12.5 Å². The van der Waals surface area contributed by atoms with Crippen molar-refractivity contribution in [1.29, 1.82) is 0 Å². The Morgan fingerprint density at radius 1 is 1.45 bits per heavy atom. The van der Waals surface area contributed by atoms with Gasteiger partial charge in [0.15, 0.2) is 5.82 Å². The molecule has 0 aliphatic carbocycles. The normalized spacial score (nSPS) is 11.2. The zero-order valence-electron chi connectivity index (χ0n) is 10.8. The number of carbonyl (C=O) groups excluding carboxylic acids is 1. The number of anilines is 1. The van der Waals surface area contributed by atoms with Gasteiger partial charge in [0.25, 0.3) is 0 Å². The van der Waals surface area contributed by atoms with Crippen LogP contribution in [0.25, 0.3) is 11.3 Å². The fraction of sp³-hybridized carbons (Fsp3) is 0.154. The van der Waals surface area contributed by atoms with Crippen LogP contribution >= 0.6 is 11.6 Å². The number of aromatic amines is 1. The van der Waals surface area contributed by atoms with Crippen LogP contribution in [-0.4, -0.2) is 27.9 Å².